The van der Waals surface area contributed by atoms with Crippen LogP contribution in [-0.2, 0) is 4.79 Å². The fourth-order valence-corrected chi connectivity index (χ4v) is 1.63. The number of ketones is 1. The van der Waals surface area contributed by atoms with E-state index in [1.165, 1.54) is 19.2 Å². The van der Waals surface area contributed by atoms with Gasteiger partial charge in [-0.05, 0) is 18.9 Å². The van der Waals surface area contributed by atoms with Crippen LogP contribution < -0.4 is 5.32 Å². The third-order valence-corrected chi connectivity index (χ3v) is 3.10. The van der Waals surface area contributed by atoms with Gasteiger partial charge in [-0.15, -0.1) is 0 Å². The molecular weight excluding hydrogens is 248 g/mol. The molecular formula is C13H18N2O4. The first-order chi connectivity index (χ1) is 8.86. The molecule has 1 rings (SSSR count). The fourth-order valence-electron chi connectivity index (χ4n) is 1.63. The molecule has 104 valence electrons. The quantitative estimate of drug-likeness (QED) is 0.678. The maximum atomic E-state index is 11.9. The molecule has 19 heavy (non-hydrogen) atoms. The number of rotatable bonds is 6. The monoisotopic (exact) mass is 266 g/mol. The molecule has 1 aromatic heterocycles. The summed E-state index contributed by atoms with van der Waals surface area (Å²) < 4.78 is 0. The lowest BCUT2D eigenvalue weighted by molar-refractivity contribution is -0.140. The maximum Gasteiger partial charge on any atom is 0.326 e. The molecule has 0 aliphatic carbocycles. The van der Waals surface area contributed by atoms with Gasteiger partial charge in [-0.1, -0.05) is 20.3 Å². The maximum absolute atomic E-state index is 11.9. The summed E-state index contributed by atoms with van der Waals surface area (Å²) in [4.78, 5) is 36.8. The lowest BCUT2D eigenvalue weighted by Gasteiger charge is -2.19. The summed E-state index contributed by atoms with van der Waals surface area (Å²) in [5.41, 5.74) is 0.570. The zero-order valence-corrected chi connectivity index (χ0v) is 11.2. The van der Waals surface area contributed by atoms with Gasteiger partial charge in [0.2, 0.25) is 0 Å². The molecule has 3 N–H and O–H groups in total. The summed E-state index contributed by atoms with van der Waals surface area (Å²) in [6.07, 6.45) is 2.07. The van der Waals surface area contributed by atoms with Crippen molar-refractivity contribution in [1.29, 1.82) is 0 Å². The normalized spacial score (nSPS) is 13.6. The van der Waals surface area contributed by atoms with Crippen LogP contribution in [0.1, 0.15) is 48.0 Å². The Labute approximate surface area is 111 Å². The highest BCUT2D eigenvalue weighted by molar-refractivity contribution is 6.00. The third kappa shape index (κ3) is 3.67. The second-order valence-electron chi connectivity index (χ2n) is 4.53. The van der Waals surface area contributed by atoms with Gasteiger partial charge >= 0.3 is 5.97 Å². The Morgan fingerprint density at radius 2 is 2.05 bits per heavy atom. The predicted molar refractivity (Wildman–Crippen MR) is 69.1 cm³/mol. The van der Waals surface area contributed by atoms with Crippen LogP contribution in [0.4, 0.5) is 0 Å². The number of carbonyl (C=O) groups excluding carboxylic acids is 2. The lowest BCUT2D eigenvalue weighted by atomic mass is 9.99. The van der Waals surface area contributed by atoms with Crippen molar-refractivity contribution in [3.63, 3.8) is 0 Å². The molecule has 6 nitrogen and oxygen atoms in total. The van der Waals surface area contributed by atoms with Crippen molar-refractivity contribution < 1.29 is 19.5 Å². The highest BCUT2D eigenvalue weighted by Crippen LogP contribution is 2.10. The standard InChI is InChI=1S/C13H18N2O4/c1-4-7(2)11(13(18)19)15-12(17)10-5-9(6-14-10)8(3)16/h5-7,11,14H,4H2,1-3H3,(H,15,17)(H,18,19). The van der Waals surface area contributed by atoms with Crippen molar-refractivity contribution in [1.82, 2.24) is 10.3 Å². The minimum atomic E-state index is -1.07. The van der Waals surface area contributed by atoms with E-state index in [4.69, 9.17) is 5.11 Å². The highest BCUT2D eigenvalue weighted by atomic mass is 16.4. The van der Waals surface area contributed by atoms with Crippen LogP contribution in [0.15, 0.2) is 12.3 Å². The number of carboxylic acid groups (broad SMARTS) is 1. The summed E-state index contributed by atoms with van der Waals surface area (Å²) in [5.74, 6) is -1.93. The van der Waals surface area contributed by atoms with E-state index in [1.54, 1.807) is 6.92 Å². The van der Waals surface area contributed by atoms with Gasteiger partial charge in [0, 0.05) is 11.8 Å². The van der Waals surface area contributed by atoms with Crippen LogP contribution in [0.3, 0.4) is 0 Å². The molecule has 0 bridgehead atoms. The highest BCUT2D eigenvalue weighted by Gasteiger charge is 2.26. The van der Waals surface area contributed by atoms with Crippen molar-refractivity contribution in [3.8, 4) is 0 Å². The molecule has 2 unspecified atom stereocenters. The largest absolute Gasteiger partial charge is 0.480 e. The number of aromatic nitrogens is 1. The Morgan fingerprint density at radius 1 is 1.42 bits per heavy atom. The summed E-state index contributed by atoms with van der Waals surface area (Å²) in [5, 5.41) is 11.5. The van der Waals surface area contributed by atoms with Gasteiger partial charge in [-0.3, -0.25) is 9.59 Å². The smallest absolute Gasteiger partial charge is 0.326 e. The first-order valence-electron chi connectivity index (χ1n) is 6.09. The molecule has 0 fully saturated rings. The molecule has 0 saturated carbocycles. The molecule has 0 radical (unpaired) electrons. The van der Waals surface area contributed by atoms with E-state index >= 15 is 0 Å². The van der Waals surface area contributed by atoms with Crippen molar-refractivity contribution in [2.45, 2.75) is 33.2 Å². The first kappa shape index (κ1) is 14.9. The Hall–Kier alpha value is -2.11. The van der Waals surface area contributed by atoms with Gasteiger partial charge in [0.25, 0.3) is 5.91 Å². The number of aliphatic carboxylic acids is 1. The molecule has 6 heteroatoms. The van der Waals surface area contributed by atoms with Crippen LogP contribution in [-0.4, -0.2) is 33.8 Å². The van der Waals surface area contributed by atoms with E-state index in [1.807, 2.05) is 6.92 Å². The van der Waals surface area contributed by atoms with Gasteiger partial charge < -0.3 is 15.4 Å². The molecule has 0 aromatic carbocycles. The molecule has 0 aliphatic heterocycles. The molecule has 1 amide bonds. The molecule has 1 aromatic rings. The average Bonchev–Trinajstić information content (AvgIpc) is 2.84. The second-order valence-corrected chi connectivity index (χ2v) is 4.53. The van der Waals surface area contributed by atoms with Gasteiger partial charge in [0.1, 0.15) is 11.7 Å². The molecule has 0 spiro atoms. The number of nitrogens with one attached hydrogen (secondary N) is 2. The van der Waals surface area contributed by atoms with E-state index in [-0.39, 0.29) is 17.4 Å². The Bertz CT molecular complexity index is 493. The lowest BCUT2D eigenvalue weighted by Crippen LogP contribution is -2.45. The second kappa shape index (κ2) is 6.17. The van der Waals surface area contributed by atoms with Crippen LogP contribution >= 0.6 is 0 Å². The SMILES string of the molecule is CCC(C)C(NC(=O)c1cc(C(C)=O)c[nH]1)C(=O)O. The first-order valence-corrected chi connectivity index (χ1v) is 6.09. The van der Waals surface area contributed by atoms with Gasteiger partial charge in [0.05, 0.1) is 0 Å². The summed E-state index contributed by atoms with van der Waals surface area (Å²) in [6.45, 7) is 5.01. The van der Waals surface area contributed by atoms with Gasteiger partial charge in [-0.2, -0.15) is 0 Å². The minimum absolute atomic E-state index is 0.160. The molecule has 2 atom stereocenters. The number of hydrogen-bond acceptors (Lipinski definition) is 3. The van der Waals surface area contributed by atoms with E-state index in [0.717, 1.165) is 0 Å². The zero-order chi connectivity index (χ0) is 14.6. The number of amides is 1. The Balaban J connectivity index is 2.81. The molecule has 1 heterocycles. The van der Waals surface area contributed by atoms with E-state index in [0.29, 0.717) is 12.0 Å². The summed E-state index contributed by atoms with van der Waals surface area (Å²) >= 11 is 0. The number of carbonyl (C=O) groups is 3. The fraction of sp³-hybridized carbons (Fsp3) is 0.462. The van der Waals surface area contributed by atoms with Crippen molar-refractivity contribution in [2.24, 2.45) is 5.92 Å². The number of H-pyrrole nitrogens is 1. The van der Waals surface area contributed by atoms with E-state index in [9.17, 15) is 14.4 Å². The van der Waals surface area contributed by atoms with Crippen molar-refractivity contribution in [2.75, 3.05) is 0 Å². The van der Waals surface area contributed by atoms with E-state index in [2.05, 4.69) is 10.3 Å². The average molecular weight is 266 g/mol. The van der Waals surface area contributed by atoms with Crippen molar-refractivity contribution in [3.05, 3.63) is 23.5 Å². The summed E-state index contributed by atoms with van der Waals surface area (Å²) in [7, 11) is 0. The minimum Gasteiger partial charge on any atom is -0.480 e. The molecule has 0 aliphatic rings. The number of aromatic amines is 1. The van der Waals surface area contributed by atoms with E-state index < -0.39 is 17.9 Å². The Kier molecular flexibility index (Phi) is 4.86. The number of carboxylic acids is 1. The Morgan fingerprint density at radius 3 is 2.47 bits per heavy atom. The van der Waals surface area contributed by atoms with Crippen LogP contribution in [0.25, 0.3) is 0 Å². The topological polar surface area (TPSA) is 99.3 Å². The number of Topliss-reactive ketones (excluding diaryl/α,β-unsaturated/α-hetero) is 1. The van der Waals surface area contributed by atoms with Crippen LogP contribution in [0, 0.1) is 5.92 Å². The zero-order valence-electron chi connectivity index (χ0n) is 11.2. The predicted octanol–water partition coefficient (Wildman–Crippen LogP) is 1.45. The third-order valence-electron chi connectivity index (χ3n) is 3.10. The number of hydrogen-bond donors (Lipinski definition) is 3. The van der Waals surface area contributed by atoms with Gasteiger partial charge in [-0.25, -0.2) is 4.79 Å². The van der Waals surface area contributed by atoms with Gasteiger partial charge in [0.15, 0.2) is 5.78 Å². The van der Waals surface area contributed by atoms with Crippen LogP contribution in [0.2, 0.25) is 0 Å². The molecule has 0 saturated heterocycles. The van der Waals surface area contributed by atoms with Crippen molar-refractivity contribution >= 4 is 17.7 Å². The van der Waals surface area contributed by atoms with Crippen LogP contribution in [0.5, 0.6) is 0 Å². The summed E-state index contributed by atoms with van der Waals surface area (Å²) in [6, 6.07) is 0.467.